The molecule has 24 heavy (non-hydrogen) atoms. The Labute approximate surface area is 143 Å². The van der Waals surface area contributed by atoms with E-state index in [-0.39, 0.29) is 5.91 Å². The van der Waals surface area contributed by atoms with Crippen molar-refractivity contribution >= 4 is 16.7 Å². The van der Waals surface area contributed by atoms with Crippen LogP contribution in [0.4, 0.5) is 0 Å². The van der Waals surface area contributed by atoms with Crippen LogP contribution in [0.1, 0.15) is 39.0 Å². The molecule has 0 bridgehead atoms. The number of nitrogens with one attached hydrogen (secondary N) is 1. The van der Waals surface area contributed by atoms with Crippen LogP contribution in [0.5, 0.6) is 5.75 Å². The van der Waals surface area contributed by atoms with E-state index in [9.17, 15) is 4.79 Å². The minimum atomic E-state index is -0.449. The Morgan fingerprint density at radius 2 is 2.00 bits per heavy atom. The molecule has 1 amide bonds. The summed E-state index contributed by atoms with van der Waals surface area (Å²) in [5, 5.41) is 5.32. The number of hydrogen-bond acceptors (Lipinski definition) is 2. The van der Waals surface area contributed by atoms with E-state index in [1.54, 1.807) is 0 Å². The highest BCUT2D eigenvalue weighted by atomic mass is 16.5. The lowest BCUT2D eigenvalue weighted by molar-refractivity contribution is -0.127. The maximum atomic E-state index is 12.4. The zero-order valence-electron chi connectivity index (χ0n) is 14.3. The summed E-state index contributed by atoms with van der Waals surface area (Å²) in [6.45, 7) is 2.63. The van der Waals surface area contributed by atoms with Crippen molar-refractivity contribution in [2.24, 2.45) is 0 Å². The lowest BCUT2D eigenvalue weighted by Crippen LogP contribution is -2.39. The van der Waals surface area contributed by atoms with Crippen molar-refractivity contribution < 1.29 is 9.53 Å². The minimum Gasteiger partial charge on any atom is -0.481 e. The maximum Gasteiger partial charge on any atom is 0.261 e. The number of hydrogen-bond donors (Lipinski definition) is 1. The normalized spacial score (nSPS) is 15.6. The summed E-state index contributed by atoms with van der Waals surface area (Å²) < 4.78 is 5.94. The Kier molecular flexibility index (Phi) is 5.52. The molecule has 0 spiro atoms. The van der Waals surface area contributed by atoms with Gasteiger partial charge >= 0.3 is 0 Å². The second-order valence-corrected chi connectivity index (χ2v) is 6.35. The lowest BCUT2D eigenvalue weighted by Gasteiger charge is -2.19. The highest BCUT2D eigenvalue weighted by molar-refractivity contribution is 5.84. The average molecular weight is 323 g/mol. The van der Waals surface area contributed by atoms with Gasteiger partial charge in [-0.05, 0) is 55.0 Å². The van der Waals surface area contributed by atoms with Crippen molar-refractivity contribution in [1.82, 2.24) is 5.32 Å². The van der Waals surface area contributed by atoms with Crippen molar-refractivity contribution in [2.45, 2.75) is 45.1 Å². The molecule has 1 atom stereocenters. The van der Waals surface area contributed by atoms with Gasteiger partial charge in [0.25, 0.3) is 5.91 Å². The van der Waals surface area contributed by atoms with Crippen molar-refractivity contribution in [1.29, 1.82) is 0 Å². The van der Waals surface area contributed by atoms with Gasteiger partial charge in [0.05, 0.1) is 0 Å². The molecule has 0 radical (unpaired) electrons. The number of carbonyl (C=O) groups is 1. The second-order valence-electron chi connectivity index (χ2n) is 6.35. The molecule has 126 valence electrons. The van der Waals surface area contributed by atoms with Crippen LogP contribution in [0.25, 0.3) is 10.8 Å². The summed E-state index contributed by atoms with van der Waals surface area (Å²) in [4.78, 5) is 12.4. The first kappa shape index (κ1) is 16.6. The molecule has 1 aliphatic carbocycles. The number of benzene rings is 2. The van der Waals surface area contributed by atoms with E-state index in [0.717, 1.165) is 24.0 Å². The molecule has 3 nitrogen and oxygen atoms in total. The summed E-state index contributed by atoms with van der Waals surface area (Å²) in [6, 6.07) is 14.1. The molecule has 0 aromatic heterocycles. The van der Waals surface area contributed by atoms with Gasteiger partial charge < -0.3 is 10.1 Å². The van der Waals surface area contributed by atoms with Crippen molar-refractivity contribution in [3.63, 3.8) is 0 Å². The average Bonchev–Trinajstić information content (AvgIpc) is 2.65. The van der Waals surface area contributed by atoms with Gasteiger partial charge in [0.2, 0.25) is 0 Å². The largest absolute Gasteiger partial charge is 0.481 e. The number of rotatable bonds is 6. The summed E-state index contributed by atoms with van der Waals surface area (Å²) in [5.41, 5.74) is 1.34. The fourth-order valence-electron chi connectivity index (χ4n) is 3.11. The Balaban J connectivity index is 1.61. The van der Waals surface area contributed by atoms with E-state index in [4.69, 9.17) is 4.74 Å². The Bertz CT molecular complexity index is 735. The van der Waals surface area contributed by atoms with Gasteiger partial charge in [-0.25, -0.2) is 0 Å². The number of carbonyl (C=O) groups excluding carboxylic acids is 1. The monoisotopic (exact) mass is 323 g/mol. The summed E-state index contributed by atoms with van der Waals surface area (Å²) in [5.74, 6) is 0.713. The molecule has 0 fully saturated rings. The van der Waals surface area contributed by atoms with E-state index in [1.165, 1.54) is 23.8 Å². The zero-order chi connectivity index (χ0) is 16.8. The number of allylic oxidation sites excluding steroid dienone is 1. The summed E-state index contributed by atoms with van der Waals surface area (Å²) >= 11 is 0. The predicted molar refractivity (Wildman–Crippen MR) is 98.2 cm³/mol. The third-order valence-electron chi connectivity index (χ3n) is 4.54. The van der Waals surface area contributed by atoms with E-state index >= 15 is 0 Å². The maximum absolute atomic E-state index is 12.4. The van der Waals surface area contributed by atoms with Crippen molar-refractivity contribution in [2.75, 3.05) is 6.54 Å². The molecular weight excluding hydrogens is 298 g/mol. The van der Waals surface area contributed by atoms with Crippen LogP contribution in [-0.2, 0) is 4.79 Å². The molecule has 3 rings (SSSR count). The van der Waals surface area contributed by atoms with Crippen molar-refractivity contribution in [3.8, 4) is 5.75 Å². The molecule has 1 N–H and O–H groups in total. The molecule has 1 unspecified atom stereocenters. The van der Waals surface area contributed by atoms with Gasteiger partial charge in [-0.15, -0.1) is 0 Å². The highest BCUT2D eigenvalue weighted by Crippen LogP contribution is 2.22. The first-order chi connectivity index (χ1) is 11.8. The fraction of sp³-hybridized carbons (Fsp3) is 0.381. The van der Waals surface area contributed by atoms with Gasteiger partial charge in [0, 0.05) is 6.54 Å². The van der Waals surface area contributed by atoms with Crippen LogP contribution in [0.15, 0.2) is 54.1 Å². The van der Waals surface area contributed by atoms with Crippen LogP contribution < -0.4 is 10.1 Å². The van der Waals surface area contributed by atoms with Crippen molar-refractivity contribution in [3.05, 3.63) is 54.1 Å². The van der Waals surface area contributed by atoms with Gasteiger partial charge in [-0.2, -0.15) is 0 Å². The van der Waals surface area contributed by atoms with Crippen LogP contribution >= 0.6 is 0 Å². The summed E-state index contributed by atoms with van der Waals surface area (Å²) in [6.07, 6.45) is 7.19. The van der Waals surface area contributed by atoms with Gasteiger partial charge in [-0.1, -0.05) is 48.9 Å². The van der Waals surface area contributed by atoms with Crippen LogP contribution in [0.3, 0.4) is 0 Å². The second kappa shape index (κ2) is 8.00. The van der Waals surface area contributed by atoms with Gasteiger partial charge in [-0.3, -0.25) is 4.79 Å². The smallest absolute Gasteiger partial charge is 0.261 e. The molecule has 0 aliphatic heterocycles. The summed E-state index contributed by atoms with van der Waals surface area (Å²) in [7, 11) is 0. The first-order valence-corrected chi connectivity index (χ1v) is 8.87. The molecule has 2 aromatic rings. The van der Waals surface area contributed by atoms with Crippen LogP contribution in [0.2, 0.25) is 0 Å². The van der Waals surface area contributed by atoms with Crippen LogP contribution in [0, 0.1) is 0 Å². The van der Waals surface area contributed by atoms with Gasteiger partial charge in [0.15, 0.2) is 6.10 Å². The zero-order valence-corrected chi connectivity index (χ0v) is 14.3. The fourth-order valence-corrected chi connectivity index (χ4v) is 3.11. The number of fused-ring (bicyclic) bond motifs is 1. The van der Waals surface area contributed by atoms with E-state index < -0.39 is 6.10 Å². The third kappa shape index (κ3) is 4.16. The minimum absolute atomic E-state index is 0.0304. The molecular formula is C21H25NO2. The lowest BCUT2D eigenvalue weighted by atomic mass is 9.99. The Hall–Kier alpha value is -2.29. The van der Waals surface area contributed by atoms with Crippen LogP contribution in [-0.4, -0.2) is 18.6 Å². The van der Waals surface area contributed by atoms with E-state index in [2.05, 4.69) is 23.5 Å². The third-order valence-corrected chi connectivity index (χ3v) is 4.54. The Morgan fingerprint density at radius 1 is 1.17 bits per heavy atom. The first-order valence-electron chi connectivity index (χ1n) is 8.87. The molecule has 2 aromatic carbocycles. The van der Waals surface area contributed by atoms with Gasteiger partial charge in [0.1, 0.15) is 5.75 Å². The number of ether oxygens (including phenoxy) is 1. The molecule has 0 saturated carbocycles. The molecule has 0 heterocycles. The highest BCUT2D eigenvalue weighted by Gasteiger charge is 2.18. The molecule has 1 aliphatic rings. The molecule has 3 heteroatoms. The SMILES string of the molecule is CCC(Oc1ccc2ccccc2c1)C(=O)NCC1=CCCCC1. The quantitative estimate of drug-likeness (QED) is 0.788. The predicted octanol–water partition coefficient (Wildman–Crippen LogP) is 4.61. The van der Waals surface area contributed by atoms with E-state index in [0.29, 0.717) is 13.0 Å². The topological polar surface area (TPSA) is 38.3 Å². The number of amides is 1. The van der Waals surface area contributed by atoms with E-state index in [1.807, 2.05) is 37.3 Å². The Morgan fingerprint density at radius 3 is 2.75 bits per heavy atom. The molecule has 0 saturated heterocycles. The standard InChI is InChI=1S/C21H25NO2/c1-2-20(21(23)22-15-16-8-4-3-5-9-16)24-19-13-12-17-10-6-7-11-18(17)14-19/h6-8,10-14,20H,2-5,9,15H2,1H3,(H,22,23).